The molecule has 0 N–H and O–H groups in total. The smallest absolute Gasteiger partial charge is 0.168 e. The van der Waals surface area contributed by atoms with E-state index in [1.54, 1.807) is 14.2 Å². The Morgan fingerprint density at radius 1 is 1.50 bits per heavy atom. The van der Waals surface area contributed by atoms with Crippen LogP contribution in [0.5, 0.6) is 0 Å². The van der Waals surface area contributed by atoms with Gasteiger partial charge in [-0.25, -0.2) is 0 Å². The molecular formula is C9H18O4S. The molecule has 1 aliphatic heterocycles. The Labute approximate surface area is 87.4 Å². The lowest BCUT2D eigenvalue weighted by Gasteiger charge is -2.17. The Bertz CT molecular complexity index is 193. The molecule has 1 fully saturated rings. The van der Waals surface area contributed by atoms with Crippen LogP contribution < -0.4 is 0 Å². The molecule has 1 aliphatic rings. The Morgan fingerprint density at radius 3 is 2.57 bits per heavy atom. The number of rotatable bonds is 5. The normalized spacial score (nSPS) is 29.7. The third kappa shape index (κ3) is 3.02. The quantitative estimate of drug-likeness (QED) is 0.637. The van der Waals surface area contributed by atoms with E-state index in [0.717, 1.165) is 6.42 Å². The van der Waals surface area contributed by atoms with E-state index >= 15 is 0 Å². The minimum absolute atomic E-state index is 0.0881. The molecule has 0 aromatic carbocycles. The minimum atomic E-state index is -0.930. The Hall–Kier alpha value is 0.0300. The van der Waals surface area contributed by atoms with E-state index in [2.05, 4.69) is 0 Å². The number of methoxy groups -OCH3 is 2. The molecule has 4 nitrogen and oxygen atoms in total. The van der Waals surface area contributed by atoms with E-state index < -0.39 is 10.8 Å². The van der Waals surface area contributed by atoms with Crippen LogP contribution in [-0.2, 0) is 25.0 Å². The second kappa shape index (κ2) is 5.80. The fourth-order valence-corrected chi connectivity index (χ4v) is 3.20. The van der Waals surface area contributed by atoms with Gasteiger partial charge in [0, 0.05) is 31.6 Å². The Morgan fingerprint density at radius 2 is 2.14 bits per heavy atom. The summed E-state index contributed by atoms with van der Waals surface area (Å²) in [5.41, 5.74) is 0. The van der Waals surface area contributed by atoms with Gasteiger partial charge < -0.3 is 14.2 Å². The number of hydrogen-bond donors (Lipinski definition) is 0. The highest BCUT2D eigenvalue weighted by Crippen LogP contribution is 2.19. The van der Waals surface area contributed by atoms with E-state index in [-0.39, 0.29) is 17.6 Å². The van der Waals surface area contributed by atoms with Crippen molar-refractivity contribution in [1.29, 1.82) is 0 Å². The summed E-state index contributed by atoms with van der Waals surface area (Å²) in [6.45, 7) is 2.67. The summed E-state index contributed by atoms with van der Waals surface area (Å²) in [5, 5.41) is 0.128. The van der Waals surface area contributed by atoms with Crippen LogP contribution in [0.1, 0.15) is 13.3 Å². The number of ether oxygens (including phenoxy) is 3. The predicted octanol–water partition coefficient (Wildman–Crippen LogP) is 0.531. The van der Waals surface area contributed by atoms with E-state index in [0.29, 0.717) is 12.4 Å². The van der Waals surface area contributed by atoms with E-state index in [4.69, 9.17) is 14.2 Å². The zero-order valence-corrected chi connectivity index (χ0v) is 9.71. The monoisotopic (exact) mass is 222 g/mol. The first kappa shape index (κ1) is 12.1. The summed E-state index contributed by atoms with van der Waals surface area (Å²) in [7, 11) is 2.18. The summed E-state index contributed by atoms with van der Waals surface area (Å²) in [6, 6.07) is 0. The summed E-state index contributed by atoms with van der Waals surface area (Å²) in [6.07, 6.45) is 0.585. The lowest BCUT2D eigenvalue weighted by atomic mass is 10.3. The molecule has 0 aromatic rings. The molecule has 84 valence electrons. The first-order valence-corrected chi connectivity index (χ1v) is 6.11. The van der Waals surface area contributed by atoms with E-state index in [1.807, 2.05) is 6.92 Å². The first-order chi connectivity index (χ1) is 6.69. The van der Waals surface area contributed by atoms with Crippen LogP contribution >= 0.6 is 0 Å². The van der Waals surface area contributed by atoms with Crippen LogP contribution in [0, 0.1) is 0 Å². The van der Waals surface area contributed by atoms with Crippen molar-refractivity contribution in [3.63, 3.8) is 0 Å². The summed E-state index contributed by atoms with van der Waals surface area (Å²) in [5.74, 6) is 0.422. The fourth-order valence-electron chi connectivity index (χ4n) is 1.55. The molecular weight excluding hydrogens is 204 g/mol. The third-order valence-electron chi connectivity index (χ3n) is 2.47. The largest absolute Gasteiger partial charge is 0.377 e. The lowest BCUT2D eigenvalue weighted by Crippen LogP contribution is -2.31. The van der Waals surface area contributed by atoms with Gasteiger partial charge in [0.2, 0.25) is 0 Å². The van der Waals surface area contributed by atoms with Crippen molar-refractivity contribution in [3.8, 4) is 0 Å². The average Bonchev–Trinajstić information content (AvgIpc) is 2.60. The molecule has 0 aliphatic carbocycles. The van der Waals surface area contributed by atoms with Crippen molar-refractivity contribution >= 4 is 10.8 Å². The average molecular weight is 222 g/mol. The van der Waals surface area contributed by atoms with Gasteiger partial charge in [-0.05, 0) is 13.3 Å². The van der Waals surface area contributed by atoms with Crippen molar-refractivity contribution < 1.29 is 18.4 Å². The maximum atomic E-state index is 11.9. The minimum Gasteiger partial charge on any atom is -0.377 e. The summed E-state index contributed by atoms with van der Waals surface area (Å²) in [4.78, 5) is 0. The van der Waals surface area contributed by atoms with Crippen molar-refractivity contribution in [3.05, 3.63) is 0 Å². The van der Waals surface area contributed by atoms with Gasteiger partial charge in [-0.1, -0.05) is 0 Å². The van der Waals surface area contributed by atoms with Crippen molar-refractivity contribution in [2.75, 3.05) is 26.6 Å². The zero-order chi connectivity index (χ0) is 10.6. The van der Waals surface area contributed by atoms with Gasteiger partial charge in [-0.2, -0.15) is 0 Å². The Kier molecular flexibility index (Phi) is 5.01. The molecule has 1 heterocycles. The number of hydrogen-bond acceptors (Lipinski definition) is 4. The molecule has 0 bridgehead atoms. The van der Waals surface area contributed by atoms with Crippen molar-refractivity contribution in [2.24, 2.45) is 0 Å². The maximum Gasteiger partial charge on any atom is 0.168 e. The van der Waals surface area contributed by atoms with Crippen LogP contribution in [0.4, 0.5) is 0 Å². The van der Waals surface area contributed by atoms with E-state index in [1.165, 1.54) is 0 Å². The van der Waals surface area contributed by atoms with Gasteiger partial charge >= 0.3 is 0 Å². The van der Waals surface area contributed by atoms with Gasteiger partial charge in [0.25, 0.3) is 0 Å². The van der Waals surface area contributed by atoms with Gasteiger partial charge in [0.1, 0.15) is 0 Å². The predicted molar refractivity (Wildman–Crippen MR) is 54.6 cm³/mol. The highest BCUT2D eigenvalue weighted by molar-refractivity contribution is 7.85. The van der Waals surface area contributed by atoms with Crippen molar-refractivity contribution in [1.82, 2.24) is 0 Å². The molecule has 0 aromatic heterocycles. The molecule has 5 heteroatoms. The molecule has 14 heavy (non-hydrogen) atoms. The second-order valence-electron chi connectivity index (χ2n) is 3.35. The van der Waals surface area contributed by atoms with Crippen LogP contribution in [0.3, 0.4) is 0 Å². The topological polar surface area (TPSA) is 44.8 Å². The fraction of sp³-hybridized carbons (Fsp3) is 1.00. The molecule has 1 saturated heterocycles. The molecule has 0 saturated carbocycles. The van der Waals surface area contributed by atoms with Crippen LogP contribution in [0.15, 0.2) is 0 Å². The van der Waals surface area contributed by atoms with E-state index in [9.17, 15) is 4.21 Å². The molecule has 0 radical (unpaired) electrons. The first-order valence-electron chi connectivity index (χ1n) is 4.73. The highest BCUT2D eigenvalue weighted by atomic mass is 32.2. The van der Waals surface area contributed by atoms with Gasteiger partial charge in [0.05, 0.1) is 17.1 Å². The third-order valence-corrected chi connectivity index (χ3v) is 4.37. The molecule has 0 amide bonds. The molecule has 0 spiro atoms. The van der Waals surface area contributed by atoms with Gasteiger partial charge in [-0.15, -0.1) is 0 Å². The standard InChI is InChI=1S/C9H18O4S/c1-7-8(4-5-13-7)14(10)6-9(11-2)12-3/h7-9H,4-6H2,1-3H3. The highest BCUT2D eigenvalue weighted by Gasteiger charge is 2.30. The SMILES string of the molecule is COC(CS(=O)C1CCOC1C)OC. The summed E-state index contributed by atoms with van der Waals surface area (Å²) >= 11 is 0. The summed E-state index contributed by atoms with van der Waals surface area (Å²) < 4.78 is 27.2. The van der Waals surface area contributed by atoms with Crippen LogP contribution in [0.25, 0.3) is 0 Å². The Balaban J connectivity index is 2.40. The molecule has 1 rings (SSSR count). The molecule has 3 atom stereocenters. The van der Waals surface area contributed by atoms with Gasteiger partial charge in [0.15, 0.2) is 6.29 Å². The van der Waals surface area contributed by atoms with Gasteiger partial charge in [-0.3, -0.25) is 4.21 Å². The maximum absolute atomic E-state index is 11.9. The lowest BCUT2D eigenvalue weighted by molar-refractivity contribution is -0.0848. The molecule has 3 unspecified atom stereocenters. The van der Waals surface area contributed by atoms with Crippen molar-refractivity contribution in [2.45, 2.75) is 31.0 Å². The zero-order valence-electron chi connectivity index (χ0n) is 8.89. The second-order valence-corrected chi connectivity index (χ2v) is 5.05. The van der Waals surface area contributed by atoms with Crippen LogP contribution in [0.2, 0.25) is 0 Å². The van der Waals surface area contributed by atoms with Crippen LogP contribution in [-0.4, -0.2) is 48.4 Å².